The van der Waals surface area contributed by atoms with Gasteiger partial charge in [0.15, 0.2) is 0 Å². The lowest BCUT2D eigenvalue weighted by Gasteiger charge is -2.34. The Morgan fingerprint density at radius 3 is 2.35 bits per heavy atom. The van der Waals surface area contributed by atoms with Gasteiger partial charge in [-0.15, -0.1) is 0 Å². The highest BCUT2D eigenvalue weighted by molar-refractivity contribution is 4.80. The van der Waals surface area contributed by atoms with Gasteiger partial charge < -0.3 is 9.84 Å². The summed E-state index contributed by atoms with van der Waals surface area (Å²) in [6.45, 7) is 7.78. The van der Waals surface area contributed by atoms with Crippen molar-refractivity contribution in [3.8, 4) is 0 Å². The van der Waals surface area contributed by atoms with Crippen molar-refractivity contribution in [2.24, 2.45) is 11.3 Å². The Hall–Kier alpha value is -0.0800. The maximum absolute atomic E-state index is 9.72. The predicted molar refractivity (Wildman–Crippen MR) is 74.2 cm³/mol. The van der Waals surface area contributed by atoms with Crippen molar-refractivity contribution in [1.29, 1.82) is 0 Å². The molecule has 0 aliphatic rings. The Bertz CT molecular complexity index is 164. The van der Waals surface area contributed by atoms with Gasteiger partial charge in [-0.3, -0.25) is 0 Å². The minimum absolute atomic E-state index is 0.0877. The summed E-state index contributed by atoms with van der Waals surface area (Å²) in [5.74, 6) is 0.763. The van der Waals surface area contributed by atoms with Crippen LogP contribution in [-0.2, 0) is 4.74 Å². The second-order valence-corrected chi connectivity index (χ2v) is 5.38. The summed E-state index contributed by atoms with van der Waals surface area (Å²) in [5, 5.41) is 9.72. The molecule has 0 saturated heterocycles. The van der Waals surface area contributed by atoms with Gasteiger partial charge in [0.25, 0.3) is 0 Å². The zero-order valence-corrected chi connectivity index (χ0v) is 12.3. The van der Waals surface area contributed by atoms with Crippen molar-refractivity contribution in [3.05, 3.63) is 0 Å². The first kappa shape index (κ1) is 16.9. The molecule has 0 aliphatic heterocycles. The monoisotopic (exact) mass is 244 g/mol. The lowest BCUT2D eigenvalue weighted by molar-refractivity contribution is 0.0486. The first-order valence-electron chi connectivity index (χ1n) is 7.27. The highest BCUT2D eigenvalue weighted by Gasteiger charge is 2.29. The fraction of sp³-hybridized carbons (Fsp3) is 1.00. The molecule has 0 radical (unpaired) electrons. The van der Waals surface area contributed by atoms with Crippen LogP contribution in [0.4, 0.5) is 0 Å². The molecule has 0 aromatic heterocycles. The summed E-state index contributed by atoms with van der Waals surface area (Å²) >= 11 is 0. The molecule has 0 saturated carbocycles. The lowest BCUT2D eigenvalue weighted by Crippen LogP contribution is -2.29. The van der Waals surface area contributed by atoms with Gasteiger partial charge in [-0.05, 0) is 30.6 Å². The molecule has 0 heterocycles. The van der Waals surface area contributed by atoms with Crippen LogP contribution < -0.4 is 0 Å². The summed E-state index contributed by atoms with van der Waals surface area (Å²) in [6, 6.07) is 0. The Balaban J connectivity index is 4.36. The third-order valence-corrected chi connectivity index (χ3v) is 4.19. The van der Waals surface area contributed by atoms with Crippen LogP contribution in [0.5, 0.6) is 0 Å². The van der Waals surface area contributed by atoms with Gasteiger partial charge in [0.05, 0.1) is 0 Å². The highest BCUT2D eigenvalue weighted by atomic mass is 16.5. The number of rotatable bonds is 11. The Kier molecular flexibility index (Phi) is 9.85. The second kappa shape index (κ2) is 9.90. The van der Waals surface area contributed by atoms with E-state index < -0.39 is 0 Å². The molecular formula is C15H32O2. The quantitative estimate of drug-likeness (QED) is 0.595. The van der Waals surface area contributed by atoms with Crippen LogP contribution in [0.25, 0.3) is 0 Å². The van der Waals surface area contributed by atoms with Crippen LogP contribution >= 0.6 is 0 Å². The van der Waals surface area contributed by atoms with Gasteiger partial charge in [-0.2, -0.15) is 0 Å². The van der Waals surface area contributed by atoms with Gasteiger partial charge in [-0.25, -0.2) is 0 Å². The van der Waals surface area contributed by atoms with Crippen molar-refractivity contribution in [3.63, 3.8) is 0 Å². The van der Waals surface area contributed by atoms with Crippen LogP contribution in [0, 0.1) is 11.3 Å². The summed E-state index contributed by atoms with van der Waals surface area (Å²) < 4.78 is 5.19. The molecule has 0 aliphatic carbocycles. The van der Waals surface area contributed by atoms with Crippen LogP contribution in [0.3, 0.4) is 0 Å². The van der Waals surface area contributed by atoms with Gasteiger partial charge in [0.1, 0.15) is 0 Å². The average molecular weight is 244 g/mol. The average Bonchev–Trinajstić information content (AvgIpc) is 2.39. The first-order valence-corrected chi connectivity index (χ1v) is 7.27. The molecule has 0 bridgehead atoms. The number of hydrogen-bond donors (Lipinski definition) is 1. The number of unbranched alkanes of at least 4 members (excludes halogenated alkanes) is 1. The van der Waals surface area contributed by atoms with E-state index in [-0.39, 0.29) is 5.41 Å². The molecule has 0 rings (SSSR count). The Morgan fingerprint density at radius 1 is 1.24 bits per heavy atom. The fourth-order valence-electron chi connectivity index (χ4n) is 2.55. The summed E-state index contributed by atoms with van der Waals surface area (Å²) in [7, 11) is 1.74. The molecular weight excluding hydrogens is 212 g/mol. The van der Waals surface area contributed by atoms with Gasteiger partial charge in [0.2, 0.25) is 0 Å². The SMILES string of the molecule is CCCCC(CC)CC(CC)(CO)CCOC. The van der Waals surface area contributed by atoms with Crippen molar-refractivity contribution in [2.75, 3.05) is 20.3 Å². The van der Waals surface area contributed by atoms with E-state index in [1.54, 1.807) is 7.11 Å². The minimum Gasteiger partial charge on any atom is -0.396 e. The molecule has 2 atom stereocenters. The van der Waals surface area contributed by atoms with Gasteiger partial charge in [0, 0.05) is 20.3 Å². The molecule has 2 heteroatoms. The number of aliphatic hydroxyl groups is 1. The van der Waals surface area contributed by atoms with E-state index in [0.29, 0.717) is 6.61 Å². The minimum atomic E-state index is 0.0877. The predicted octanol–water partition coefficient (Wildman–Crippen LogP) is 4.02. The zero-order chi connectivity index (χ0) is 13.1. The van der Waals surface area contributed by atoms with Crippen LogP contribution in [0.2, 0.25) is 0 Å². The van der Waals surface area contributed by atoms with E-state index in [2.05, 4.69) is 20.8 Å². The van der Waals surface area contributed by atoms with Crippen molar-refractivity contribution < 1.29 is 9.84 Å². The van der Waals surface area contributed by atoms with E-state index in [4.69, 9.17) is 4.74 Å². The van der Waals surface area contributed by atoms with Crippen LogP contribution in [0.1, 0.15) is 65.7 Å². The smallest absolute Gasteiger partial charge is 0.0488 e. The largest absolute Gasteiger partial charge is 0.396 e. The molecule has 0 fully saturated rings. The van der Waals surface area contributed by atoms with E-state index >= 15 is 0 Å². The van der Waals surface area contributed by atoms with Crippen molar-refractivity contribution in [1.82, 2.24) is 0 Å². The number of aliphatic hydroxyl groups excluding tert-OH is 1. The standard InChI is InChI=1S/C15H32O2/c1-5-8-9-14(6-2)12-15(7-3,13-16)10-11-17-4/h14,16H,5-13H2,1-4H3. The van der Waals surface area contributed by atoms with Crippen LogP contribution in [0.15, 0.2) is 0 Å². The van der Waals surface area contributed by atoms with Gasteiger partial charge >= 0.3 is 0 Å². The zero-order valence-electron chi connectivity index (χ0n) is 12.3. The molecule has 104 valence electrons. The van der Waals surface area contributed by atoms with Gasteiger partial charge in [-0.1, -0.05) is 46.5 Å². The molecule has 0 spiro atoms. The normalized spacial score (nSPS) is 16.8. The van der Waals surface area contributed by atoms with E-state index in [1.165, 1.54) is 25.7 Å². The lowest BCUT2D eigenvalue weighted by atomic mass is 9.73. The molecule has 17 heavy (non-hydrogen) atoms. The number of hydrogen-bond acceptors (Lipinski definition) is 2. The summed E-state index contributed by atoms with van der Waals surface area (Å²) in [6.07, 6.45) is 8.31. The first-order chi connectivity index (χ1) is 8.17. The maximum Gasteiger partial charge on any atom is 0.0488 e. The Morgan fingerprint density at radius 2 is 1.94 bits per heavy atom. The summed E-state index contributed by atoms with van der Waals surface area (Å²) in [4.78, 5) is 0. The molecule has 0 amide bonds. The molecule has 2 nitrogen and oxygen atoms in total. The van der Waals surface area contributed by atoms with Crippen molar-refractivity contribution >= 4 is 0 Å². The topological polar surface area (TPSA) is 29.5 Å². The number of methoxy groups -OCH3 is 1. The summed E-state index contributed by atoms with van der Waals surface area (Å²) in [5.41, 5.74) is 0.0877. The molecule has 1 N–H and O–H groups in total. The fourth-order valence-corrected chi connectivity index (χ4v) is 2.55. The van der Waals surface area contributed by atoms with E-state index in [9.17, 15) is 5.11 Å². The second-order valence-electron chi connectivity index (χ2n) is 5.38. The third-order valence-electron chi connectivity index (χ3n) is 4.19. The van der Waals surface area contributed by atoms with E-state index in [0.717, 1.165) is 31.8 Å². The molecule has 2 unspecified atom stereocenters. The third kappa shape index (κ3) is 6.42. The van der Waals surface area contributed by atoms with Crippen molar-refractivity contribution in [2.45, 2.75) is 65.7 Å². The Labute approximate surface area is 108 Å². The molecule has 0 aromatic carbocycles. The highest BCUT2D eigenvalue weighted by Crippen LogP contribution is 2.36. The molecule has 0 aromatic rings. The maximum atomic E-state index is 9.72. The van der Waals surface area contributed by atoms with E-state index in [1.807, 2.05) is 0 Å². The van der Waals surface area contributed by atoms with Crippen LogP contribution in [-0.4, -0.2) is 25.4 Å². The number of ether oxygens (including phenoxy) is 1.